The molecule has 86 valence electrons. The van der Waals surface area contributed by atoms with E-state index in [0.29, 0.717) is 6.42 Å². The topological polar surface area (TPSA) is 72.6 Å². The zero-order chi connectivity index (χ0) is 11.7. The number of ether oxygens (including phenoxy) is 1. The number of hydrogen-bond donors (Lipinski definition) is 2. The van der Waals surface area contributed by atoms with Gasteiger partial charge in [-0.25, -0.2) is 0 Å². The summed E-state index contributed by atoms with van der Waals surface area (Å²) < 4.78 is 5.64. The summed E-state index contributed by atoms with van der Waals surface area (Å²) in [5, 5.41) is 8.72. The number of aliphatic carboxylic acids is 1. The molecule has 0 fully saturated rings. The minimum atomic E-state index is -0.976. The zero-order valence-corrected chi connectivity index (χ0v) is 9.14. The van der Waals surface area contributed by atoms with E-state index >= 15 is 0 Å². The summed E-state index contributed by atoms with van der Waals surface area (Å²) in [7, 11) is 0. The van der Waals surface area contributed by atoms with Crippen molar-refractivity contribution in [3.05, 3.63) is 29.3 Å². The van der Waals surface area contributed by atoms with Crippen molar-refractivity contribution in [1.29, 1.82) is 0 Å². The average molecular weight is 221 g/mol. The summed E-state index contributed by atoms with van der Waals surface area (Å²) in [6.45, 7) is 2.02. The summed E-state index contributed by atoms with van der Waals surface area (Å²) >= 11 is 0. The van der Waals surface area contributed by atoms with Gasteiger partial charge in [-0.3, -0.25) is 4.79 Å². The minimum Gasteiger partial charge on any atom is -0.490 e. The highest BCUT2D eigenvalue weighted by molar-refractivity contribution is 5.73. The van der Waals surface area contributed by atoms with Gasteiger partial charge in [0.25, 0.3) is 0 Å². The van der Waals surface area contributed by atoms with Gasteiger partial charge in [-0.15, -0.1) is 0 Å². The quantitative estimate of drug-likeness (QED) is 0.801. The minimum absolute atomic E-state index is 0.108. The predicted molar refractivity (Wildman–Crippen MR) is 59.5 cm³/mol. The van der Waals surface area contributed by atoms with Crippen molar-refractivity contribution in [3.8, 4) is 5.75 Å². The van der Waals surface area contributed by atoms with E-state index in [1.165, 1.54) is 5.56 Å². The van der Waals surface area contributed by atoms with Gasteiger partial charge in [-0.05, 0) is 18.6 Å². The molecule has 1 aromatic rings. The van der Waals surface area contributed by atoms with Crippen LogP contribution in [0.4, 0.5) is 0 Å². The molecule has 2 rings (SSSR count). The Balaban J connectivity index is 2.03. The fourth-order valence-electron chi connectivity index (χ4n) is 1.96. The van der Waals surface area contributed by atoms with Crippen molar-refractivity contribution in [2.45, 2.75) is 31.9 Å². The highest BCUT2D eigenvalue weighted by Gasteiger charge is 2.26. The molecule has 0 saturated carbocycles. The third-order valence-electron chi connectivity index (χ3n) is 2.79. The molecule has 0 amide bonds. The summed E-state index contributed by atoms with van der Waals surface area (Å²) in [5.41, 5.74) is 7.81. The van der Waals surface area contributed by atoms with Crippen molar-refractivity contribution in [2.24, 2.45) is 5.73 Å². The normalized spacial score (nSPS) is 20.0. The van der Waals surface area contributed by atoms with Crippen LogP contribution in [0.3, 0.4) is 0 Å². The van der Waals surface area contributed by atoms with Crippen LogP contribution < -0.4 is 10.5 Å². The van der Waals surface area contributed by atoms with Gasteiger partial charge in [0.1, 0.15) is 17.9 Å². The maximum Gasteiger partial charge on any atom is 0.320 e. The van der Waals surface area contributed by atoms with Crippen LogP contribution in [0.5, 0.6) is 5.75 Å². The predicted octanol–water partition coefficient (Wildman–Crippen LogP) is 1.10. The maximum atomic E-state index is 10.6. The van der Waals surface area contributed by atoms with Crippen LogP contribution in [0.25, 0.3) is 0 Å². The van der Waals surface area contributed by atoms with Crippen LogP contribution in [0.1, 0.15) is 17.5 Å². The van der Waals surface area contributed by atoms with Gasteiger partial charge in [-0.2, -0.15) is 0 Å². The second-order valence-electron chi connectivity index (χ2n) is 4.24. The number of fused-ring (bicyclic) bond motifs is 1. The Morgan fingerprint density at radius 3 is 3.12 bits per heavy atom. The van der Waals surface area contributed by atoms with E-state index in [2.05, 4.69) is 6.07 Å². The summed E-state index contributed by atoms with van der Waals surface area (Å²) in [4.78, 5) is 10.6. The lowest BCUT2D eigenvalue weighted by Crippen LogP contribution is -2.35. The Morgan fingerprint density at radius 1 is 1.69 bits per heavy atom. The van der Waals surface area contributed by atoms with Gasteiger partial charge in [0.05, 0.1) is 0 Å². The van der Waals surface area contributed by atoms with Crippen LogP contribution in [-0.2, 0) is 11.2 Å². The van der Waals surface area contributed by atoms with Gasteiger partial charge >= 0.3 is 5.97 Å². The third-order valence-corrected chi connectivity index (χ3v) is 2.79. The molecule has 0 radical (unpaired) electrons. The van der Waals surface area contributed by atoms with E-state index in [4.69, 9.17) is 15.6 Å². The van der Waals surface area contributed by atoms with Crippen molar-refractivity contribution >= 4 is 5.97 Å². The molecule has 0 bridgehead atoms. The van der Waals surface area contributed by atoms with Gasteiger partial charge in [-0.1, -0.05) is 17.7 Å². The fraction of sp³-hybridized carbons (Fsp3) is 0.417. The Morgan fingerprint density at radius 2 is 2.44 bits per heavy atom. The molecule has 1 heterocycles. The Labute approximate surface area is 94.0 Å². The monoisotopic (exact) mass is 221 g/mol. The molecule has 0 spiro atoms. The first kappa shape index (κ1) is 11.0. The fourth-order valence-corrected chi connectivity index (χ4v) is 1.96. The number of carbonyl (C=O) groups is 1. The van der Waals surface area contributed by atoms with Crippen LogP contribution >= 0.6 is 0 Å². The first-order valence-electron chi connectivity index (χ1n) is 5.31. The molecule has 0 aromatic heterocycles. The highest BCUT2D eigenvalue weighted by Crippen LogP contribution is 2.30. The Bertz CT molecular complexity index is 417. The molecule has 4 heteroatoms. The Kier molecular flexibility index (Phi) is 2.83. The van der Waals surface area contributed by atoms with Crippen LogP contribution in [-0.4, -0.2) is 23.2 Å². The van der Waals surface area contributed by atoms with E-state index < -0.39 is 12.0 Å². The van der Waals surface area contributed by atoms with E-state index in [0.717, 1.165) is 17.7 Å². The summed E-state index contributed by atoms with van der Waals surface area (Å²) in [5.74, 6) is -0.121. The summed E-state index contributed by atoms with van der Waals surface area (Å²) in [6, 6.07) is 5.14. The van der Waals surface area contributed by atoms with Crippen molar-refractivity contribution < 1.29 is 14.6 Å². The second-order valence-corrected chi connectivity index (χ2v) is 4.24. The van der Waals surface area contributed by atoms with Crippen molar-refractivity contribution in [1.82, 2.24) is 0 Å². The van der Waals surface area contributed by atoms with Gasteiger partial charge in [0, 0.05) is 12.8 Å². The lowest BCUT2D eigenvalue weighted by molar-refractivity contribution is -0.139. The largest absolute Gasteiger partial charge is 0.490 e. The first-order chi connectivity index (χ1) is 7.56. The number of benzene rings is 1. The molecule has 1 unspecified atom stereocenters. The van der Waals surface area contributed by atoms with Gasteiger partial charge in [0.2, 0.25) is 0 Å². The molecule has 1 aromatic carbocycles. The lowest BCUT2D eigenvalue weighted by Gasteiger charge is -2.12. The van der Waals surface area contributed by atoms with Gasteiger partial charge in [0.15, 0.2) is 0 Å². The van der Waals surface area contributed by atoms with Crippen LogP contribution in [0.15, 0.2) is 18.2 Å². The van der Waals surface area contributed by atoms with Crippen LogP contribution in [0, 0.1) is 6.92 Å². The third kappa shape index (κ3) is 2.17. The van der Waals surface area contributed by atoms with Crippen molar-refractivity contribution in [3.63, 3.8) is 0 Å². The number of nitrogens with two attached hydrogens (primary N) is 1. The second kappa shape index (κ2) is 4.14. The number of aryl methyl sites for hydroxylation is 1. The number of rotatable bonds is 3. The first-order valence-corrected chi connectivity index (χ1v) is 5.31. The molecule has 0 aliphatic carbocycles. The standard InChI is InChI=1S/C12H15NO3/c1-7-2-3-11-8(4-7)5-9(16-11)6-10(13)12(14)15/h2-4,9-10H,5-6,13H2,1H3,(H,14,15)/t9?,10-/m1/s1. The number of carboxylic acid groups (broad SMARTS) is 1. The molecule has 0 saturated heterocycles. The molecule has 1 aliphatic rings. The SMILES string of the molecule is Cc1ccc2c(c1)CC(C[C@@H](N)C(=O)O)O2. The van der Waals surface area contributed by atoms with Gasteiger partial charge < -0.3 is 15.6 Å². The average Bonchev–Trinajstić information content (AvgIpc) is 2.58. The van der Waals surface area contributed by atoms with Crippen molar-refractivity contribution in [2.75, 3.05) is 0 Å². The smallest absolute Gasteiger partial charge is 0.320 e. The van der Waals surface area contributed by atoms with E-state index in [9.17, 15) is 4.79 Å². The maximum absolute atomic E-state index is 10.6. The zero-order valence-electron chi connectivity index (χ0n) is 9.14. The van der Waals surface area contributed by atoms with Crippen LogP contribution in [0.2, 0.25) is 0 Å². The molecular weight excluding hydrogens is 206 g/mol. The molecular formula is C12H15NO3. The number of carboxylic acids is 1. The molecule has 16 heavy (non-hydrogen) atoms. The van der Waals surface area contributed by atoms with E-state index in [-0.39, 0.29) is 6.10 Å². The summed E-state index contributed by atoms with van der Waals surface area (Å²) in [6.07, 6.45) is 0.990. The molecule has 3 N–H and O–H groups in total. The highest BCUT2D eigenvalue weighted by atomic mass is 16.5. The molecule has 2 atom stereocenters. The molecule has 1 aliphatic heterocycles. The number of hydrogen-bond acceptors (Lipinski definition) is 3. The molecule has 4 nitrogen and oxygen atoms in total. The van der Waals surface area contributed by atoms with E-state index in [1.807, 2.05) is 19.1 Å². The Hall–Kier alpha value is -1.55. The lowest BCUT2D eigenvalue weighted by atomic mass is 10.0. The van der Waals surface area contributed by atoms with E-state index in [1.54, 1.807) is 0 Å².